The summed E-state index contributed by atoms with van der Waals surface area (Å²) in [6.07, 6.45) is 0. The molecule has 0 aromatic heterocycles. The van der Waals surface area contributed by atoms with Crippen molar-refractivity contribution in [1.29, 1.82) is 0 Å². The van der Waals surface area contributed by atoms with Crippen LogP contribution in [0.5, 0.6) is 23.0 Å². The first kappa shape index (κ1) is 33.1. The first-order valence-electron chi connectivity index (χ1n) is 19.9. The second-order valence-corrected chi connectivity index (χ2v) is 15.7. The zero-order valence-electron chi connectivity index (χ0n) is 32.4. The molecule has 0 unspecified atom stereocenters. The van der Waals surface area contributed by atoms with Crippen LogP contribution in [0.25, 0.3) is 44.5 Å². The zero-order valence-corrected chi connectivity index (χ0v) is 32.4. The largest absolute Gasteiger partial charge is 0.493 e. The van der Waals surface area contributed by atoms with E-state index in [0.717, 1.165) is 27.8 Å². The minimum atomic E-state index is -0.600. The fourth-order valence-corrected chi connectivity index (χ4v) is 11.1. The molecule has 0 N–H and O–H groups in total. The van der Waals surface area contributed by atoms with Crippen LogP contribution in [-0.4, -0.2) is 21.3 Å². The standard InChI is InChI=1S/C54H38O4/c1-55-49-27-39-40-28-50(56-2)52(30-48(40)54(47(39)29-51(49)57-3)44-22-12-6-16-35(44)36-17-7-13-23-45(36)54)58-31-32-24-25-38-37-18-8-11-21-43(37)53(46(38)26-32)41-19-9-4-14-33(41)34-15-5-10-20-42(34)53/h4-30H,31H2,1-3H3. The van der Waals surface area contributed by atoms with Crippen molar-refractivity contribution in [3.05, 3.63) is 214 Å². The molecular formula is C54H38O4. The number of fused-ring (bicyclic) bond motifs is 20. The lowest BCUT2D eigenvalue weighted by Crippen LogP contribution is -2.26. The topological polar surface area (TPSA) is 36.9 Å². The molecule has 4 nitrogen and oxygen atoms in total. The fraction of sp³-hybridized carbons (Fsp3) is 0.111. The maximum atomic E-state index is 6.96. The summed E-state index contributed by atoms with van der Waals surface area (Å²) in [5.41, 5.74) is 19.9. The molecule has 0 saturated heterocycles. The Balaban J connectivity index is 1.02. The van der Waals surface area contributed by atoms with Crippen molar-refractivity contribution in [2.24, 2.45) is 0 Å². The van der Waals surface area contributed by atoms with E-state index in [2.05, 4.69) is 164 Å². The van der Waals surface area contributed by atoms with Gasteiger partial charge in [0.25, 0.3) is 0 Å². The van der Waals surface area contributed by atoms with Crippen LogP contribution in [0.4, 0.5) is 0 Å². The Hall–Kier alpha value is -7.04. The summed E-state index contributed by atoms with van der Waals surface area (Å²) in [5.74, 6) is 2.76. The predicted octanol–water partition coefficient (Wildman–Crippen LogP) is 12.0. The van der Waals surface area contributed by atoms with E-state index < -0.39 is 10.8 Å². The van der Waals surface area contributed by atoms with Gasteiger partial charge in [0.05, 0.1) is 32.2 Å². The average Bonchev–Trinajstić information content (AvgIpc) is 3.95. The molecule has 4 heteroatoms. The Morgan fingerprint density at radius 1 is 0.310 bits per heavy atom. The number of rotatable bonds is 6. The minimum Gasteiger partial charge on any atom is -0.493 e. The molecule has 8 aromatic rings. The van der Waals surface area contributed by atoms with Gasteiger partial charge in [-0.2, -0.15) is 0 Å². The van der Waals surface area contributed by atoms with E-state index in [1.54, 1.807) is 21.3 Å². The number of methoxy groups -OCH3 is 3. The van der Waals surface area contributed by atoms with Crippen molar-refractivity contribution in [2.75, 3.05) is 21.3 Å². The van der Waals surface area contributed by atoms with E-state index in [1.807, 2.05) is 0 Å². The Morgan fingerprint density at radius 2 is 0.638 bits per heavy atom. The van der Waals surface area contributed by atoms with Crippen molar-refractivity contribution >= 4 is 0 Å². The Bertz CT molecular complexity index is 2940. The highest BCUT2D eigenvalue weighted by atomic mass is 16.5. The van der Waals surface area contributed by atoms with Crippen LogP contribution >= 0.6 is 0 Å². The predicted molar refractivity (Wildman–Crippen MR) is 229 cm³/mol. The van der Waals surface area contributed by atoms with Crippen LogP contribution in [-0.2, 0) is 17.4 Å². The van der Waals surface area contributed by atoms with Crippen LogP contribution in [0, 0.1) is 0 Å². The van der Waals surface area contributed by atoms with Gasteiger partial charge in [0.15, 0.2) is 23.0 Å². The van der Waals surface area contributed by atoms with Crippen molar-refractivity contribution in [1.82, 2.24) is 0 Å². The normalized spacial score (nSPS) is 14.5. The molecule has 8 aromatic carbocycles. The van der Waals surface area contributed by atoms with E-state index in [9.17, 15) is 0 Å². The van der Waals surface area contributed by atoms with E-state index in [-0.39, 0.29) is 0 Å². The molecule has 0 fully saturated rings. The molecule has 4 aliphatic rings. The first-order valence-corrected chi connectivity index (χ1v) is 19.9. The van der Waals surface area contributed by atoms with Crippen molar-refractivity contribution < 1.29 is 18.9 Å². The number of ether oxygens (including phenoxy) is 4. The van der Waals surface area contributed by atoms with Gasteiger partial charge in [-0.1, -0.05) is 140 Å². The lowest BCUT2D eigenvalue weighted by molar-refractivity contribution is 0.284. The van der Waals surface area contributed by atoms with Crippen LogP contribution in [0.15, 0.2) is 164 Å². The molecule has 0 amide bonds. The van der Waals surface area contributed by atoms with Crippen LogP contribution < -0.4 is 18.9 Å². The lowest BCUT2D eigenvalue weighted by atomic mass is 9.70. The number of hydrogen-bond acceptors (Lipinski definition) is 4. The Labute approximate surface area is 337 Å². The highest BCUT2D eigenvalue weighted by molar-refractivity contribution is 5.97. The maximum absolute atomic E-state index is 6.96. The highest BCUT2D eigenvalue weighted by Crippen LogP contribution is 2.66. The van der Waals surface area contributed by atoms with Gasteiger partial charge in [0.2, 0.25) is 0 Å². The molecule has 0 saturated carbocycles. The van der Waals surface area contributed by atoms with Gasteiger partial charge in [-0.25, -0.2) is 0 Å². The summed E-state index contributed by atoms with van der Waals surface area (Å²) < 4.78 is 24.9. The van der Waals surface area contributed by atoms with Crippen molar-refractivity contribution in [3.8, 4) is 67.5 Å². The summed E-state index contributed by atoms with van der Waals surface area (Å²) in [4.78, 5) is 0. The van der Waals surface area contributed by atoms with Gasteiger partial charge in [-0.3, -0.25) is 0 Å². The lowest BCUT2D eigenvalue weighted by Gasteiger charge is -2.31. The van der Waals surface area contributed by atoms with Gasteiger partial charge < -0.3 is 18.9 Å². The maximum Gasteiger partial charge on any atom is 0.162 e. The Kier molecular flexibility index (Phi) is 6.85. The molecule has 0 atom stereocenters. The SMILES string of the molecule is COc1cc2c(cc1OC)C1(c3ccccc3-c3ccccc31)c1cc(OCc3ccc4c(c3)C3(c5ccccc5-c5ccccc53)c3ccccc3-4)c(OC)cc1-2. The molecule has 0 aliphatic heterocycles. The smallest absolute Gasteiger partial charge is 0.162 e. The second kappa shape index (κ2) is 12.0. The summed E-state index contributed by atoms with van der Waals surface area (Å²) in [6.45, 7) is 0.368. The Morgan fingerprint density at radius 3 is 1.07 bits per heavy atom. The average molecular weight is 751 g/mol. The molecular weight excluding hydrogens is 713 g/mol. The van der Waals surface area contributed by atoms with E-state index in [0.29, 0.717) is 29.6 Å². The van der Waals surface area contributed by atoms with Gasteiger partial charge in [-0.15, -0.1) is 0 Å². The summed E-state index contributed by atoms with van der Waals surface area (Å²) in [5, 5.41) is 0. The quantitative estimate of drug-likeness (QED) is 0.170. The molecule has 2 spiro atoms. The summed E-state index contributed by atoms with van der Waals surface area (Å²) in [7, 11) is 5.12. The van der Waals surface area contributed by atoms with E-state index in [1.165, 1.54) is 66.8 Å². The third kappa shape index (κ3) is 3.99. The monoisotopic (exact) mass is 750 g/mol. The molecule has 0 bridgehead atoms. The third-order valence-corrected chi connectivity index (χ3v) is 13.3. The van der Waals surface area contributed by atoms with Gasteiger partial charge >= 0.3 is 0 Å². The first-order chi connectivity index (χ1) is 28.6. The number of benzene rings is 8. The van der Waals surface area contributed by atoms with Gasteiger partial charge in [-0.05, 0) is 119 Å². The van der Waals surface area contributed by atoms with Crippen LogP contribution in [0.1, 0.15) is 50.1 Å². The highest BCUT2D eigenvalue weighted by Gasteiger charge is 2.53. The molecule has 4 aliphatic carbocycles. The van der Waals surface area contributed by atoms with Crippen molar-refractivity contribution in [2.45, 2.75) is 17.4 Å². The van der Waals surface area contributed by atoms with Gasteiger partial charge in [0.1, 0.15) is 6.61 Å². The fourth-order valence-electron chi connectivity index (χ4n) is 11.1. The second-order valence-electron chi connectivity index (χ2n) is 15.7. The van der Waals surface area contributed by atoms with Crippen molar-refractivity contribution in [3.63, 3.8) is 0 Å². The van der Waals surface area contributed by atoms with E-state index >= 15 is 0 Å². The molecule has 0 radical (unpaired) electrons. The molecule has 58 heavy (non-hydrogen) atoms. The molecule has 12 rings (SSSR count). The molecule has 278 valence electrons. The van der Waals surface area contributed by atoms with E-state index in [4.69, 9.17) is 18.9 Å². The number of hydrogen-bond donors (Lipinski definition) is 0. The van der Waals surface area contributed by atoms with Crippen LogP contribution in [0.3, 0.4) is 0 Å². The third-order valence-electron chi connectivity index (χ3n) is 13.3. The minimum absolute atomic E-state index is 0.368. The zero-order chi connectivity index (χ0) is 38.8. The molecule has 0 heterocycles. The van der Waals surface area contributed by atoms with Gasteiger partial charge in [0, 0.05) is 0 Å². The summed E-state index contributed by atoms with van der Waals surface area (Å²) in [6, 6.07) is 59.9. The summed E-state index contributed by atoms with van der Waals surface area (Å²) >= 11 is 0. The van der Waals surface area contributed by atoms with Crippen LogP contribution in [0.2, 0.25) is 0 Å².